The second kappa shape index (κ2) is 6.44. The maximum Gasteiger partial charge on any atom is 0.280 e. The molecule has 0 amide bonds. The van der Waals surface area contributed by atoms with Crippen molar-refractivity contribution < 1.29 is 0 Å². The molecule has 2 aromatic carbocycles. The van der Waals surface area contributed by atoms with Crippen molar-refractivity contribution in [3.8, 4) is 5.69 Å². The van der Waals surface area contributed by atoms with Crippen LogP contribution >= 0.6 is 23.2 Å². The number of aromatic amines is 1. The van der Waals surface area contributed by atoms with Crippen molar-refractivity contribution in [1.82, 2.24) is 9.78 Å². The summed E-state index contributed by atoms with van der Waals surface area (Å²) in [5.74, 6) is 0. The summed E-state index contributed by atoms with van der Waals surface area (Å²) < 4.78 is 1.44. The van der Waals surface area contributed by atoms with Crippen LogP contribution in [0.15, 0.2) is 58.3 Å². The van der Waals surface area contributed by atoms with Crippen LogP contribution in [0.1, 0.15) is 11.3 Å². The van der Waals surface area contributed by atoms with Crippen LogP contribution in [0, 0.1) is 6.92 Å². The highest BCUT2D eigenvalue weighted by Gasteiger charge is 2.10. The zero-order valence-electron chi connectivity index (χ0n) is 12.3. The lowest BCUT2D eigenvalue weighted by Gasteiger charge is -2.01. The van der Waals surface area contributed by atoms with E-state index >= 15 is 0 Å². The van der Waals surface area contributed by atoms with Gasteiger partial charge in [-0.3, -0.25) is 14.9 Å². The topological polar surface area (TPSA) is 50.1 Å². The molecule has 4 nitrogen and oxygen atoms in total. The third-order valence-corrected chi connectivity index (χ3v) is 3.80. The highest BCUT2D eigenvalue weighted by Crippen LogP contribution is 2.18. The first kappa shape index (κ1) is 15.6. The molecule has 0 bridgehead atoms. The minimum Gasteiger partial charge on any atom is -0.295 e. The van der Waals surface area contributed by atoms with E-state index in [-0.39, 0.29) is 5.56 Å². The van der Waals surface area contributed by atoms with Crippen molar-refractivity contribution in [2.75, 3.05) is 0 Å². The first-order valence-electron chi connectivity index (χ1n) is 6.92. The summed E-state index contributed by atoms with van der Waals surface area (Å²) in [7, 11) is 0. The average molecular weight is 346 g/mol. The van der Waals surface area contributed by atoms with Gasteiger partial charge in [0, 0.05) is 22.0 Å². The molecule has 6 heteroatoms. The van der Waals surface area contributed by atoms with E-state index in [1.54, 1.807) is 42.6 Å². The van der Waals surface area contributed by atoms with Crippen LogP contribution < -0.4 is 5.56 Å². The largest absolute Gasteiger partial charge is 0.295 e. The van der Waals surface area contributed by atoms with E-state index in [4.69, 9.17) is 23.2 Å². The monoisotopic (exact) mass is 345 g/mol. The third-order valence-electron chi connectivity index (χ3n) is 3.33. The Kier molecular flexibility index (Phi) is 4.37. The van der Waals surface area contributed by atoms with Crippen molar-refractivity contribution in [2.24, 2.45) is 4.99 Å². The standard InChI is InChI=1S/C17H13Cl2N3O/c1-11-16(10-20-14-6-2-4-12(18)8-14)17(23)22(21-11)15-7-3-5-13(19)9-15/h2-10,21H,1H3. The number of hydrogen-bond donors (Lipinski definition) is 1. The van der Waals surface area contributed by atoms with E-state index in [0.717, 1.165) is 5.69 Å². The number of aromatic nitrogens is 2. The Morgan fingerprint density at radius 1 is 1.09 bits per heavy atom. The Morgan fingerprint density at radius 3 is 2.48 bits per heavy atom. The van der Waals surface area contributed by atoms with Crippen LogP contribution in [-0.4, -0.2) is 16.0 Å². The van der Waals surface area contributed by atoms with Gasteiger partial charge in [0.15, 0.2) is 0 Å². The Hall–Kier alpha value is -2.30. The van der Waals surface area contributed by atoms with E-state index in [2.05, 4.69) is 10.1 Å². The van der Waals surface area contributed by atoms with E-state index < -0.39 is 0 Å². The molecule has 0 aliphatic rings. The molecule has 0 atom stereocenters. The zero-order chi connectivity index (χ0) is 16.4. The normalized spacial score (nSPS) is 11.3. The molecule has 1 N–H and O–H groups in total. The van der Waals surface area contributed by atoms with Crippen molar-refractivity contribution in [2.45, 2.75) is 6.92 Å². The molecule has 0 radical (unpaired) electrons. The summed E-state index contributed by atoms with van der Waals surface area (Å²) in [5, 5.41) is 4.20. The Labute approximate surface area is 143 Å². The van der Waals surface area contributed by atoms with Gasteiger partial charge in [0.25, 0.3) is 5.56 Å². The number of aliphatic imine (C=N–C) groups is 1. The summed E-state index contributed by atoms with van der Waals surface area (Å²) in [6.07, 6.45) is 1.54. The Bertz CT molecular complexity index is 941. The quantitative estimate of drug-likeness (QED) is 0.696. The maximum atomic E-state index is 12.6. The van der Waals surface area contributed by atoms with Gasteiger partial charge in [0.1, 0.15) is 0 Å². The zero-order valence-corrected chi connectivity index (χ0v) is 13.8. The number of nitrogens with one attached hydrogen (secondary N) is 1. The van der Waals surface area contributed by atoms with E-state index in [1.807, 2.05) is 19.1 Å². The number of benzene rings is 2. The number of hydrogen-bond acceptors (Lipinski definition) is 2. The lowest BCUT2D eigenvalue weighted by atomic mass is 10.2. The number of aryl methyl sites for hydroxylation is 1. The van der Waals surface area contributed by atoms with Gasteiger partial charge in [0.2, 0.25) is 0 Å². The summed E-state index contributed by atoms with van der Waals surface area (Å²) >= 11 is 11.9. The summed E-state index contributed by atoms with van der Waals surface area (Å²) in [5.41, 5.74) is 2.39. The van der Waals surface area contributed by atoms with Crippen molar-refractivity contribution in [3.05, 3.63) is 80.2 Å². The van der Waals surface area contributed by atoms with Crippen LogP contribution in [0.3, 0.4) is 0 Å². The van der Waals surface area contributed by atoms with Gasteiger partial charge in [-0.1, -0.05) is 35.3 Å². The van der Waals surface area contributed by atoms with Crippen LogP contribution in [-0.2, 0) is 0 Å². The summed E-state index contributed by atoms with van der Waals surface area (Å²) in [6.45, 7) is 1.82. The van der Waals surface area contributed by atoms with Crippen LogP contribution in [0.2, 0.25) is 10.0 Å². The smallest absolute Gasteiger partial charge is 0.280 e. The lowest BCUT2D eigenvalue weighted by Crippen LogP contribution is -2.17. The predicted molar refractivity (Wildman–Crippen MR) is 94.8 cm³/mol. The molecule has 1 aromatic heterocycles. The lowest BCUT2D eigenvalue weighted by molar-refractivity contribution is 0.835. The molecule has 3 aromatic rings. The Balaban J connectivity index is 2.00. The number of rotatable bonds is 3. The second-order valence-electron chi connectivity index (χ2n) is 5.01. The summed E-state index contributed by atoms with van der Waals surface area (Å²) in [6, 6.07) is 14.2. The van der Waals surface area contributed by atoms with Gasteiger partial charge in [-0.25, -0.2) is 4.68 Å². The van der Waals surface area contributed by atoms with Crippen LogP contribution in [0.4, 0.5) is 5.69 Å². The molecule has 0 aliphatic heterocycles. The minimum atomic E-state index is -0.185. The fraction of sp³-hybridized carbons (Fsp3) is 0.0588. The van der Waals surface area contributed by atoms with Gasteiger partial charge >= 0.3 is 0 Å². The first-order chi connectivity index (χ1) is 11.0. The maximum absolute atomic E-state index is 12.6. The van der Waals surface area contributed by atoms with E-state index in [0.29, 0.717) is 27.0 Å². The van der Waals surface area contributed by atoms with Gasteiger partial charge in [-0.05, 0) is 43.3 Å². The SMILES string of the molecule is Cc1[nH]n(-c2cccc(Cl)c2)c(=O)c1C=Nc1cccc(Cl)c1. The number of H-pyrrole nitrogens is 1. The van der Waals surface area contributed by atoms with Gasteiger partial charge in [-0.2, -0.15) is 0 Å². The molecular formula is C17H13Cl2N3O. The van der Waals surface area contributed by atoms with Gasteiger partial charge in [0.05, 0.1) is 16.9 Å². The fourth-order valence-electron chi connectivity index (χ4n) is 2.20. The molecule has 0 aliphatic carbocycles. The predicted octanol–water partition coefficient (Wildman–Crippen LogP) is 4.53. The molecular weight excluding hydrogens is 333 g/mol. The Morgan fingerprint density at radius 2 is 1.78 bits per heavy atom. The molecule has 3 rings (SSSR count). The minimum absolute atomic E-state index is 0.185. The van der Waals surface area contributed by atoms with Crippen molar-refractivity contribution in [3.63, 3.8) is 0 Å². The molecule has 23 heavy (non-hydrogen) atoms. The molecule has 0 unspecified atom stereocenters. The molecule has 0 spiro atoms. The molecule has 0 saturated carbocycles. The van der Waals surface area contributed by atoms with Crippen molar-refractivity contribution in [1.29, 1.82) is 0 Å². The summed E-state index contributed by atoms with van der Waals surface area (Å²) in [4.78, 5) is 16.9. The molecule has 0 saturated heterocycles. The molecule has 0 fully saturated rings. The van der Waals surface area contributed by atoms with E-state index in [1.165, 1.54) is 4.68 Å². The molecule has 116 valence electrons. The second-order valence-corrected chi connectivity index (χ2v) is 5.88. The van der Waals surface area contributed by atoms with Crippen LogP contribution in [0.25, 0.3) is 5.69 Å². The first-order valence-corrected chi connectivity index (χ1v) is 7.67. The molecule has 1 heterocycles. The van der Waals surface area contributed by atoms with Crippen LogP contribution in [0.5, 0.6) is 0 Å². The number of halogens is 2. The van der Waals surface area contributed by atoms with E-state index in [9.17, 15) is 4.79 Å². The highest BCUT2D eigenvalue weighted by atomic mass is 35.5. The third kappa shape index (κ3) is 3.38. The fourth-order valence-corrected chi connectivity index (χ4v) is 2.57. The number of nitrogens with zero attached hydrogens (tertiary/aromatic N) is 2. The highest BCUT2D eigenvalue weighted by molar-refractivity contribution is 6.31. The van der Waals surface area contributed by atoms with Gasteiger partial charge in [-0.15, -0.1) is 0 Å². The average Bonchev–Trinajstić information content (AvgIpc) is 2.80. The van der Waals surface area contributed by atoms with Crippen molar-refractivity contribution >= 4 is 35.1 Å². The van der Waals surface area contributed by atoms with Gasteiger partial charge < -0.3 is 0 Å².